The zero-order chi connectivity index (χ0) is 16.7. The number of rotatable bonds is 2. The van der Waals surface area contributed by atoms with Gasteiger partial charge in [0.1, 0.15) is 6.10 Å². The Bertz CT molecular complexity index is 521. The fourth-order valence-corrected chi connectivity index (χ4v) is 4.74. The molecule has 0 spiro atoms. The molecule has 23 heavy (non-hydrogen) atoms. The van der Waals surface area contributed by atoms with Gasteiger partial charge >= 0.3 is 18.0 Å². The van der Waals surface area contributed by atoms with E-state index < -0.39 is 11.9 Å². The Labute approximate surface area is 134 Å². The molecule has 1 N–H and O–H groups in total. The minimum atomic E-state index is -0.857. The van der Waals surface area contributed by atoms with Gasteiger partial charge in [-0.3, -0.25) is 9.59 Å². The molecule has 1 amide bonds. The maximum Gasteiger partial charge on any atom is 0.409 e. The highest BCUT2D eigenvalue weighted by Crippen LogP contribution is 2.51. The first-order valence-corrected chi connectivity index (χ1v) is 8.29. The molecule has 2 saturated heterocycles. The first-order chi connectivity index (χ1) is 10.9. The highest BCUT2D eigenvalue weighted by Gasteiger charge is 2.57. The summed E-state index contributed by atoms with van der Waals surface area (Å²) in [5.74, 6) is -2.36. The third-order valence-corrected chi connectivity index (χ3v) is 5.65. The number of carboxylic acid groups (broad SMARTS) is 1. The Hall–Kier alpha value is -1.79. The molecule has 2 heterocycles. The number of amides is 1. The summed E-state index contributed by atoms with van der Waals surface area (Å²) in [7, 11) is 0. The molecule has 1 saturated carbocycles. The van der Waals surface area contributed by atoms with E-state index in [2.05, 4.69) is 0 Å². The van der Waals surface area contributed by atoms with Gasteiger partial charge in [0, 0.05) is 19.0 Å². The summed E-state index contributed by atoms with van der Waals surface area (Å²) in [5, 5.41) is 9.72. The molecule has 2 aliphatic heterocycles. The van der Waals surface area contributed by atoms with Gasteiger partial charge in [-0.2, -0.15) is 0 Å². The number of hydrogen-bond donors (Lipinski definition) is 1. The Balaban J connectivity index is 1.81. The van der Waals surface area contributed by atoms with Crippen LogP contribution in [0.4, 0.5) is 4.79 Å². The molecule has 0 aromatic heterocycles. The monoisotopic (exact) mass is 325 g/mol. The molecule has 7 nitrogen and oxygen atoms in total. The topological polar surface area (TPSA) is 93.1 Å². The number of esters is 1. The summed E-state index contributed by atoms with van der Waals surface area (Å²) in [6.07, 6.45) is 0.517. The largest absolute Gasteiger partial charge is 0.481 e. The fourth-order valence-electron chi connectivity index (χ4n) is 4.74. The lowest BCUT2D eigenvalue weighted by Crippen LogP contribution is -2.53. The van der Waals surface area contributed by atoms with Crippen molar-refractivity contribution in [3.8, 4) is 0 Å². The molecule has 3 rings (SSSR count). The summed E-state index contributed by atoms with van der Waals surface area (Å²) in [6.45, 7) is 4.82. The van der Waals surface area contributed by atoms with Gasteiger partial charge in [0.05, 0.1) is 18.4 Å². The number of carbonyl (C=O) groups is 3. The van der Waals surface area contributed by atoms with E-state index in [4.69, 9.17) is 9.47 Å². The predicted molar refractivity (Wildman–Crippen MR) is 78.5 cm³/mol. The van der Waals surface area contributed by atoms with Crippen LogP contribution >= 0.6 is 0 Å². The normalized spacial score (nSPS) is 39.2. The lowest BCUT2D eigenvalue weighted by Gasteiger charge is -2.47. The number of nitrogens with zero attached hydrogens (tertiary/aromatic N) is 1. The second-order valence-electron chi connectivity index (χ2n) is 6.78. The van der Waals surface area contributed by atoms with Crippen LogP contribution in [-0.4, -0.2) is 53.8 Å². The van der Waals surface area contributed by atoms with Crippen molar-refractivity contribution >= 4 is 18.0 Å². The minimum absolute atomic E-state index is 0.00774. The van der Waals surface area contributed by atoms with E-state index in [1.165, 1.54) is 0 Å². The van der Waals surface area contributed by atoms with Gasteiger partial charge in [0.2, 0.25) is 0 Å². The second-order valence-corrected chi connectivity index (χ2v) is 6.78. The number of cyclic esters (lactones) is 1. The highest BCUT2D eigenvalue weighted by atomic mass is 16.6. The summed E-state index contributed by atoms with van der Waals surface area (Å²) in [4.78, 5) is 37.5. The van der Waals surface area contributed by atoms with Gasteiger partial charge in [-0.05, 0) is 38.5 Å². The van der Waals surface area contributed by atoms with Crippen LogP contribution in [0, 0.1) is 29.6 Å². The molecular formula is C16H23NO6. The smallest absolute Gasteiger partial charge is 0.409 e. The fraction of sp³-hybridized carbons (Fsp3) is 0.812. The van der Waals surface area contributed by atoms with Crippen LogP contribution in [0.5, 0.6) is 0 Å². The van der Waals surface area contributed by atoms with Crippen LogP contribution in [0.2, 0.25) is 0 Å². The quantitative estimate of drug-likeness (QED) is 0.771. The van der Waals surface area contributed by atoms with Crippen molar-refractivity contribution in [2.24, 2.45) is 29.6 Å². The van der Waals surface area contributed by atoms with Crippen molar-refractivity contribution in [2.75, 3.05) is 19.7 Å². The van der Waals surface area contributed by atoms with Crippen LogP contribution in [0.3, 0.4) is 0 Å². The number of carbonyl (C=O) groups excluding carboxylic acids is 2. The van der Waals surface area contributed by atoms with Crippen LogP contribution in [0.1, 0.15) is 26.7 Å². The number of carboxylic acids is 1. The number of hydrogen-bond acceptors (Lipinski definition) is 5. The standard InChI is InChI=1S/C16H23NO6/c1-3-22-16(21)17-5-4-10-9(7-17)6-11-12(13(10)14(18)19)8(2)23-15(11)20/h8-13H,3-7H2,1-2H3,(H,18,19)/t8-,9-,10-,11-,12-,13+/m1/s1. The van der Waals surface area contributed by atoms with Crippen molar-refractivity contribution in [3.05, 3.63) is 0 Å². The molecule has 0 aromatic rings. The van der Waals surface area contributed by atoms with Gasteiger partial charge in [0.15, 0.2) is 0 Å². The first kappa shape index (κ1) is 16.1. The van der Waals surface area contributed by atoms with E-state index in [0.717, 1.165) is 0 Å². The lowest BCUT2D eigenvalue weighted by atomic mass is 9.59. The number of piperidine rings is 1. The molecule has 7 heteroatoms. The van der Waals surface area contributed by atoms with E-state index in [1.54, 1.807) is 18.7 Å². The average molecular weight is 325 g/mol. The Morgan fingerprint density at radius 2 is 2.17 bits per heavy atom. The summed E-state index contributed by atoms with van der Waals surface area (Å²) in [6, 6.07) is 0. The number of likely N-dealkylation sites (tertiary alicyclic amines) is 1. The average Bonchev–Trinajstić information content (AvgIpc) is 2.79. The van der Waals surface area contributed by atoms with E-state index in [0.29, 0.717) is 32.5 Å². The third kappa shape index (κ3) is 2.66. The summed E-state index contributed by atoms with van der Waals surface area (Å²) in [5.41, 5.74) is 0. The predicted octanol–water partition coefficient (Wildman–Crippen LogP) is 1.36. The Morgan fingerprint density at radius 3 is 2.83 bits per heavy atom. The van der Waals surface area contributed by atoms with Crippen molar-refractivity contribution in [1.29, 1.82) is 0 Å². The molecule has 3 aliphatic rings. The van der Waals surface area contributed by atoms with E-state index in [1.807, 2.05) is 0 Å². The van der Waals surface area contributed by atoms with Crippen molar-refractivity contribution in [2.45, 2.75) is 32.8 Å². The maximum absolute atomic E-state index is 12.1. The Kier molecular flexibility index (Phi) is 4.21. The van der Waals surface area contributed by atoms with Crippen LogP contribution in [0.15, 0.2) is 0 Å². The Morgan fingerprint density at radius 1 is 1.43 bits per heavy atom. The molecule has 3 fully saturated rings. The van der Waals surface area contributed by atoms with Crippen LogP contribution in [-0.2, 0) is 19.1 Å². The molecule has 6 atom stereocenters. The lowest BCUT2D eigenvalue weighted by molar-refractivity contribution is -0.153. The number of fused-ring (bicyclic) bond motifs is 2. The minimum Gasteiger partial charge on any atom is -0.481 e. The second kappa shape index (κ2) is 6.02. The SMILES string of the molecule is CCOC(=O)N1CC[C@@H]2[C@H](C[C@H]3C(=O)O[C@H](C)[C@H]3[C@H]2C(=O)O)C1. The molecule has 0 aromatic carbocycles. The molecular weight excluding hydrogens is 302 g/mol. The van der Waals surface area contributed by atoms with Gasteiger partial charge in [-0.25, -0.2) is 4.79 Å². The van der Waals surface area contributed by atoms with Crippen molar-refractivity contribution in [3.63, 3.8) is 0 Å². The van der Waals surface area contributed by atoms with Gasteiger partial charge < -0.3 is 19.5 Å². The van der Waals surface area contributed by atoms with E-state index >= 15 is 0 Å². The van der Waals surface area contributed by atoms with Gasteiger partial charge in [0.25, 0.3) is 0 Å². The highest BCUT2D eigenvalue weighted by molar-refractivity contribution is 5.79. The molecule has 0 radical (unpaired) electrons. The van der Waals surface area contributed by atoms with E-state index in [9.17, 15) is 19.5 Å². The number of aliphatic carboxylic acids is 1. The molecule has 128 valence electrons. The third-order valence-electron chi connectivity index (χ3n) is 5.65. The zero-order valence-electron chi connectivity index (χ0n) is 13.4. The van der Waals surface area contributed by atoms with Gasteiger partial charge in [-0.1, -0.05) is 0 Å². The number of ether oxygens (including phenoxy) is 2. The molecule has 0 bridgehead atoms. The van der Waals surface area contributed by atoms with Crippen LogP contribution in [0.25, 0.3) is 0 Å². The zero-order valence-corrected chi connectivity index (χ0v) is 13.4. The maximum atomic E-state index is 12.1. The van der Waals surface area contributed by atoms with Crippen molar-refractivity contribution in [1.82, 2.24) is 4.90 Å². The molecule has 0 unspecified atom stereocenters. The first-order valence-electron chi connectivity index (χ1n) is 8.29. The van der Waals surface area contributed by atoms with E-state index in [-0.39, 0.29) is 41.8 Å². The van der Waals surface area contributed by atoms with Crippen LogP contribution < -0.4 is 0 Å². The van der Waals surface area contributed by atoms with Gasteiger partial charge in [-0.15, -0.1) is 0 Å². The summed E-state index contributed by atoms with van der Waals surface area (Å²) < 4.78 is 10.3. The molecule has 1 aliphatic carbocycles. The van der Waals surface area contributed by atoms with Crippen molar-refractivity contribution < 1.29 is 29.0 Å². The summed E-state index contributed by atoms with van der Waals surface area (Å²) >= 11 is 0.